The van der Waals surface area contributed by atoms with Crippen molar-refractivity contribution in [2.24, 2.45) is 14.1 Å². The molecule has 0 aromatic carbocycles. The Kier molecular flexibility index (Phi) is 5.64. The summed E-state index contributed by atoms with van der Waals surface area (Å²) in [6.07, 6.45) is 5.25. The summed E-state index contributed by atoms with van der Waals surface area (Å²) in [4.78, 5) is 33.2. The maximum Gasteiger partial charge on any atom is 0.332 e. The van der Waals surface area contributed by atoms with Crippen LogP contribution in [0.25, 0.3) is 17.1 Å². The molecular weight excluding hydrogens is 382 g/mol. The van der Waals surface area contributed by atoms with E-state index in [0.29, 0.717) is 30.2 Å². The first-order valence-electron chi connectivity index (χ1n) is 10.9. The zero-order valence-electron chi connectivity index (χ0n) is 18.4. The SMILES string of the molecule is CCc1cc(CC)n(-c2nc3c(c(=O)n(CCN4CCCCC4)c(=O)n3C)n2C)n1. The van der Waals surface area contributed by atoms with Gasteiger partial charge in [0.05, 0.1) is 5.69 Å². The molecule has 0 amide bonds. The Morgan fingerprint density at radius 1 is 0.967 bits per heavy atom. The van der Waals surface area contributed by atoms with Gasteiger partial charge in [-0.1, -0.05) is 20.3 Å². The van der Waals surface area contributed by atoms with Gasteiger partial charge in [-0.05, 0) is 44.8 Å². The standard InChI is InChI=1S/C21H31N7O2/c1-5-15-14-16(6-2)28(23-15)20-22-18-17(24(20)3)19(29)27(21(30)25(18)4)13-12-26-10-8-7-9-11-26/h14H,5-13H2,1-4H3. The number of hydrogen-bond acceptors (Lipinski definition) is 5. The lowest BCUT2D eigenvalue weighted by Gasteiger charge is -2.26. The predicted molar refractivity (Wildman–Crippen MR) is 116 cm³/mol. The van der Waals surface area contributed by atoms with Crippen molar-refractivity contribution in [1.29, 1.82) is 0 Å². The van der Waals surface area contributed by atoms with Gasteiger partial charge in [-0.3, -0.25) is 13.9 Å². The molecule has 162 valence electrons. The molecule has 9 heteroatoms. The summed E-state index contributed by atoms with van der Waals surface area (Å²) in [5.41, 5.74) is 2.23. The third-order valence-corrected chi connectivity index (χ3v) is 6.17. The Labute approximate surface area is 175 Å². The Balaban J connectivity index is 1.80. The zero-order chi connectivity index (χ0) is 21.4. The lowest BCUT2D eigenvalue weighted by Crippen LogP contribution is -2.43. The van der Waals surface area contributed by atoms with E-state index in [1.807, 2.05) is 7.05 Å². The van der Waals surface area contributed by atoms with Crippen molar-refractivity contribution in [2.75, 3.05) is 19.6 Å². The monoisotopic (exact) mass is 413 g/mol. The molecule has 1 fully saturated rings. The van der Waals surface area contributed by atoms with Gasteiger partial charge in [-0.15, -0.1) is 0 Å². The van der Waals surface area contributed by atoms with E-state index in [4.69, 9.17) is 0 Å². The Morgan fingerprint density at radius 2 is 1.70 bits per heavy atom. The van der Waals surface area contributed by atoms with Crippen LogP contribution in [0.5, 0.6) is 0 Å². The van der Waals surface area contributed by atoms with Gasteiger partial charge in [-0.2, -0.15) is 10.1 Å². The Bertz CT molecular complexity index is 1170. The number of piperidine rings is 1. The van der Waals surface area contributed by atoms with Gasteiger partial charge in [0.2, 0.25) is 5.95 Å². The normalized spacial score (nSPS) is 15.3. The maximum absolute atomic E-state index is 13.3. The maximum atomic E-state index is 13.3. The van der Waals surface area contributed by atoms with Crippen LogP contribution in [0.2, 0.25) is 0 Å². The van der Waals surface area contributed by atoms with E-state index < -0.39 is 0 Å². The molecule has 1 aliphatic rings. The fourth-order valence-electron chi connectivity index (χ4n) is 4.32. The van der Waals surface area contributed by atoms with Crippen LogP contribution < -0.4 is 11.2 Å². The number of rotatable bonds is 6. The highest BCUT2D eigenvalue weighted by molar-refractivity contribution is 5.72. The van der Waals surface area contributed by atoms with Crippen LogP contribution in [-0.4, -0.2) is 53.0 Å². The van der Waals surface area contributed by atoms with Crippen molar-refractivity contribution in [3.05, 3.63) is 38.3 Å². The molecule has 0 unspecified atom stereocenters. The van der Waals surface area contributed by atoms with Gasteiger partial charge in [0, 0.05) is 32.9 Å². The second-order valence-electron chi connectivity index (χ2n) is 8.09. The molecule has 0 saturated carbocycles. The van der Waals surface area contributed by atoms with Crippen LogP contribution in [0.4, 0.5) is 0 Å². The minimum absolute atomic E-state index is 0.285. The Hall–Kier alpha value is -2.68. The smallest absolute Gasteiger partial charge is 0.306 e. The summed E-state index contributed by atoms with van der Waals surface area (Å²) in [6, 6.07) is 2.06. The molecule has 9 nitrogen and oxygen atoms in total. The van der Waals surface area contributed by atoms with E-state index in [9.17, 15) is 9.59 Å². The van der Waals surface area contributed by atoms with E-state index in [-0.39, 0.29) is 11.2 Å². The average molecular weight is 414 g/mol. The van der Waals surface area contributed by atoms with E-state index >= 15 is 0 Å². The molecule has 1 saturated heterocycles. The van der Waals surface area contributed by atoms with Gasteiger partial charge in [0.15, 0.2) is 11.2 Å². The third-order valence-electron chi connectivity index (χ3n) is 6.17. The average Bonchev–Trinajstić information content (AvgIpc) is 3.33. The number of fused-ring (bicyclic) bond motifs is 1. The molecule has 0 atom stereocenters. The van der Waals surface area contributed by atoms with Crippen LogP contribution in [0, 0.1) is 0 Å². The number of imidazole rings is 1. The van der Waals surface area contributed by atoms with E-state index in [1.54, 1.807) is 16.3 Å². The summed E-state index contributed by atoms with van der Waals surface area (Å²) in [6.45, 7) is 7.30. The van der Waals surface area contributed by atoms with E-state index in [1.165, 1.54) is 28.4 Å². The van der Waals surface area contributed by atoms with Crippen LogP contribution in [0.15, 0.2) is 15.7 Å². The minimum atomic E-state index is -0.320. The first-order chi connectivity index (χ1) is 14.5. The second kappa shape index (κ2) is 8.22. The molecule has 3 aromatic rings. The lowest BCUT2D eigenvalue weighted by molar-refractivity contribution is 0.218. The molecule has 0 spiro atoms. The third kappa shape index (κ3) is 3.40. The highest BCUT2D eigenvalue weighted by Gasteiger charge is 2.21. The predicted octanol–water partition coefficient (Wildman–Crippen LogP) is 1.23. The minimum Gasteiger partial charge on any atom is -0.306 e. The van der Waals surface area contributed by atoms with Gasteiger partial charge in [0.1, 0.15) is 0 Å². The van der Waals surface area contributed by atoms with Gasteiger partial charge >= 0.3 is 5.69 Å². The number of aromatic nitrogens is 6. The molecule has 1 aliphatic heterocycles. The second-order valence-corrected chi connectivity index (χ2v) is 8.09. The van der Waals surface area contributed by atoms with E-state index in [0.717, 1.165) is 37.3 Å². The molecule has 3 aromatic heterocycles. The molecule has 4 rings (SSSR count). The molecule has 4 heterocycles. The lowest BCUT2D eigenvalue weighted by atomic mass is 10.1. The van der Waals surface area contributed by atoms with E-state index in [2.05, 4.69) is 34.9 Å². The summed E-state index contributed by atoms with van der Waals surface area (Å²) >= 11 is 0. The highest BCUT2D eigenvalue weighted by Crippen LogP contribution is 2.17. The first kappa shape index (κ1) is 20.6. The van der Waals surface area contributed by atoms with Crippen molar-refractivity contribution in [2.45, 2.75) is 52.5 Å². The van der Waals surface area contributed by atoms with Gasteiger partial charge in [-0.25, -0.2) is 9.48 Å². The van der Waals surface area contributed by atoms with Crippen molar-refractivity contribution in [3.8, 4) is 5.95 Å². The Morgan fingerprint density at radius 3 is 2.37 bits per heavy atom. The van der Waals surface area contributed by atoms with Crippen molar-refractivity contribution in [3.63, 3.8) is 0 Å². The number of aryl methyl sites for hydroxylation is 4. The van der Waals surface area contributed by atoms with Crippen LogP contribution in [0.1, 0.15) is 44.5 Å². The topological polar surface area (TPSA) is 82.9 Å². The van der Waals surface area contributed by atoms with Crippen molar-refractivity contribution < 1.29 is 0 Å². The van der Waals surface area contributed by atoms with Crippen LogP contribution in [0.3, 0.4) is 0 Å². The molecule has 0 bridgehead atoms. The molecule has 0 N–H and O–H groups in total. The zero-order valence-corrected chi connectivity index (χ0v) is 18.4. The molecule has 30 heavy (non-hydrogen) atoms. The molecule has 0 aliphatic carbocycles. The quantitative estimate of drug-likeness (QED) is 0.607. The van der Waals surface area contributed by atoms with Crippen LogP contribution >= 0.6 is 0 Å². The largest absolute Gasteiger partial charge is 0.332 e. The highest BCUT2D eigenvalue weighted by atomic mass is 16.2. The van der Waals surface area contributed by atoms with Crippen LogP contribution in [-0.2, 0) is 33.5 Å². The van der Waals surface area contributed by atoms with Gasteiger partial charge in [0.25, 0.3) is 5.56 Å². The molecular formula is C21H31N7O2. The summed E-state index contributed by atoms with van der Waals surface area (Å²) in [5, 5.41) is 4.66. The van der Waals surface area contributed by atoms with Crippen molar-refractivity contribution >= 4 is 11.2 Å². The summed E-state index contributed by atoms with van der Waals surface area (Å²) < 4.78 is 6.39. The summed E-state index contributed by atoms with van der Waals surface area (Å²) in [5.74, 6) is 0.558. The summed E-state index contributed by atoms with van der Waals surface area (Å²) in [7, 11) is 3.50. The number of nitrogens with zero attached hydrogens (tertiary/aromatic N) is 7. The van der Waals surface area contributed by atoms with Crippen molar-refractivity contribution in [1.82, 2.24) is 33.4 Å². The number of hydrogen-bond donors (Lipinski definition) is 0. The fourth-order valence-corrected chi connectivity index (χ4v) is 4.32. The number of likely N-dealkylation sites (tertiary alicyclic amines) is 1. The van der Waals surface area contributed by atoms with Gasteiger partial charge < -0.3 is 9.47 Å². The molecule has 0 radical (unpaired) electrons. The fraction of sp³-hybridized carbons (Fsp3) is 0.619. The first-order valence-corrected chi connectivity index (χ1v) is 10.9.